The summed E-state index contributed by atoms with van der Waals surface area (Å²) in [6.45, 7) is 6.56. The van der Waals surface area contributed by atoms with Gasteiger partial charge < -0.3 is 29.9 Å². The van der Waals surface area contributed by atoms with Crippen molar-refractivity contribution in [2.75, 3.05) is 37.4 Å². The molecule has 14 heteroatoms. The van der Waals surface area contributed by atoms with Gasteiger partial charge in [0.05, 0.1) is 35.3 Å². The van der Waals surface area contributed by atoms with E-state index in [1.807, 2.05) is 0 Å². The molecule has 0 spiro atoms. The molecule has 3 N–H and O–H groups in total. The normalized spacial score (nSPS) is 18.1. The third-order valence-electron chi connectivity index (χ3n) is 7.17. The second-order valence-electron chi connectivity index (χ2n) is 10.3. The number of benzene rings is 2. The Bertz CT molecular complexity index is 1540. The number of likely N-dealkylation sites (N-methyl/N-ethyl adjacent to an activating group) is 1. The minimum atomic E-state index is -4.02. The van der Waals surface area contributed by atoms with Crippen LogP contribution in [-0.2, 0) is 10.0 Å². The summed E-state index contributed by atoms with van der Waals surface area (Å²) in [6, 6.07) is 7.99. The van der Waals surface area contributed by atoms with Crippen LogP contribution in [0.3, 0.4) is 0 Å². The van der Waals surface area contributed by atoms with Gasteiger partial charge in [-0.05, 0) is 57.2 Å². The Labute approximate surface area is 243 Å². The molecule has 1 aliphatic heterocycles. The molecule has 1 aromatic heterocycles. The molecule has 3 amide bonds. The van der Waals surface area contributed by atoms with Gasteiger partial charge in [0.1, 0.15) is 23.3 Å². The van der Waals surface area contributed by atoms with Crippen molar-refractivity contribution in [2.24, 2.45) is 5.92 Å². The number of urea groups is 1. The summed E-state index contributed by atoms with van der Waals surface area (Å²) in [5.74, 6) is -0.933. The fourth-order valence-electron chi connectivity index (χ4n) is 4.63. The summed E-state index contributed by atoms with van der Waals surface area (Å²) in [7, 11) is -2.63. The molecule has 2 heterocycles. The van der Waals surface area contributed by atoms with Crippen LogP contribution < -0.4 is 15.4 Å². The van der Waals surface area contributed by atoms with E-state index in [1.54, 1.807) is 39.8 Å². The summed E-state index contributed by atoms with van der Waals surface area (Å²) >= 11 is 0. The van der Waals surface area contributed by atoms with Gasteiger partial charge in [0.15, 0.2) is 11.5 Å². The van der Waals surface area contributed by atoms with Crippen LogP contribution in [-0.4, -0.2) is 78.7 Å². The van der Waals surface area contributed by atoms with E-state index >= 15 is 0 Å². The standard InChI is InChI=1S/C28H34FN5O7S/c1-16-13-34(17(2)15-35)27(36)22-7-6-8-23(30-28(37)31-25-18(3)32-41-19(25)4)26(22)40-24(16)14-33(5)42(38,39)21-11-9-20(29)10-12-21/h6-12,16-17,24,35H,13-15H2,1-5H3,(H2,30,31,37)/t16-,17-,24+/m1/s1. The second kappa shape index (κ2) is 12.5. The largest absolute Gasteiger partial charge is 0.486 e. The van der Waals surface area contributed by atoms with E-state index in [9.17, 15) is 27.5 Å². The predicted octanol–water partition coefficient (Wildman–Crippen LogP) is 3.62. The Balaban J connectivity index is 1.70. The summed E-state index contributed by atoms with van der Waals surface area (Å²) < 4.78 is 52.6. The molecule has 0 bridgehead atoms. The molecule has 0 saturated carbocycles. The first-order chi connectivity index (χ1) is 19.8. The number of sulfonamides is 1. The lowest BCUT2D eigenvalue weighted by Gasteiger charge is -2.38. The second-order valence-corrected chi connectivity index (χ2v) is 12.4. The van der Waals surface area contributed by atoms with Gasteiger partial charge in [0.2, 0.25) is 10.0 Å². The van der Waals surface area contributed by atoms with Gasteiger partial charge >= 0.3 is 6.03 Å². The fraction of sp³-hybridized carbons (Fsp3) is 0.393. The highest BCUT2D eigenvalue weighted by molar-refractivity contribution is 7.89. The first-order valence-electron chi connectivity index (χ1n) is 13.3. The van der Waals surface area contributed by atoms with E-state index in [0.29, 0.717) is 17.1 Å². The molecule has 0 radical (unpaired) electrons. The Kier molecular flexibility index (Phi) is 9.18. The average Bonchev–Trinajstić information content (AvgIpc) is 3.26. The number of rotatable bonds is 8. The summed E-state index contributed by atoms with van der Waals surface area (Å²) in [6.07, 6.45) is -0.793. The molecule has 3 atom stereocenters. The van der Waals surface area contributed by atoms with Crippen LogP contribution >= 0.6 is 0 Å². The molecule has 4 rings (SSSR count). The van der Waals surface area contributed by atoms with E-state index in [-0.39, 0.29) is 41.6 Å². The van der Waals surface area contributed by atoms with E-state index in [1.165, 1.54) is 30.1 Å². The number of nitrogens with one attached hydrogen (secondary N) is 2. The number of para-hydroxylation sites is 1. The Morgan fingerprint density at radius 3 is 2.52 bits per heavy atom. The number of aliphatic hydroxyl groups is 1. The molecule has 0 aliphatic carbocycles. The molecule has 1 aliphatic rings. The van der Waals surface area contributed by atoms with Gasteiger partial charge in [-0.2, -0.15) is 4.31 Å². The Hall–Kier alpha value is -4.01. The van der Waals surface area contributed by atoms with Crippen molar-refractivity contribution in [1.29, 1.82) is 0 Å². The summed E-state index contributed by atoms with van der Waals surface area (Å²) in [5.41, 5.74) is 1.17. The highest BCUT2D eigenvalue weighted by Crippen LogP contribution is 2.35. The molecule has 42 heavy (non-hydrogen) atoms. The maximum absolute atomic E-state index is 13.7. The number of carbonyl (C=O) groups excluding carboxylic acids is 2. The van der Waals surface area contributed by atoms with Crippen LogP contribution in [0.1, 0.15) is 35.7 Å². The van der Waals surface area contributed by atoms with E-state index in [0.717, 1.165) is 16.4 Å². The van der Waals surface area contributed by atoms with Gasteiger partial charge in [-0.3, -0.25) is 4.79 Å². The van der Waals surface area contributed by atoms with Crippen molar-refractivity contribution >= 4 is 33.3 Å². The number of halogens is 1. The molecule has 0 fully saturated rings. The van der Waals surface area contributed by atoms with Gasteiger partial charge in [0.25, 0.3) is 5.91 Å². The van der Waals surface area contributed by atoms with Crippen LogP contribution in [0.15, 0.2) is 51.9 Å². The number of hydrogen-bond donors (Lipinski definition) is 3. The number of aryl methyl sites for hydroxylation is 2. The first kappa shape index (κ1) is 30.9. The van der Waals surface area contributed by atoms with Crippen molar-refractivity contribution in [1.82, 2.24) is 14.4 Å². The van der Waals surface area contributed by atoms with Gasteiger partial charge in [0, 0.05) is 19.5 Å². The number of amides is 3. The fourth-order valence-corrected chi connectivity index (χ4v) is 5.81. The third kappa shape index (κ3) is 6.40. The first-order valence-corrected chi connectivity index (χ1v) is 14.7. The smallest absolute Gasteiger partial charge is 0.323 e. The monoisotopic (exact) mass is 603 g/mol. The molecule has 3 aromatic rings. The number of anilines is 2. The molecule has 12 nitrogen and oxygen atoms in total. The van der Waals surface area contributed by atoms with Crippen molar-refractivity contribution in [3.8, 4) is 5.75 Å². The van der Waals surface area contributed by atoms with Crippen LogP contribution in [0, 0.1) is 25.6 Å². The Morgan fingerprint density at radius 2 is 1.90 bits per heavy atom. The molecule has 226 valence electrons. The van der Waals surface area contributed by atoms with Gasteiger partial charge in [-0.1, -0.05) is 18.1 Å². The molecular weight excluding hydrogens is 569 g/mol. The molecule has 0 unspecified atom stereocenters. The zero-order chi connectivity index (χ0) is 30.8. The highest BCUT2D eigenvalue weighted by Gasteiger charge is 2.36. The Morgan fingerprint density at radius 1 is 1.21 bits per heavy atom. The van der Waals surface area contributed by atoms with Crippen LogP contribution in [0.2, 0.25) is 0 Å². The number of aliphatic hydroxyl groups excluding tert-OH is 1. The lowest BCUT2D eigenvalue weighted by Crippen LogP contribution is -2.50. The molecule has 0 saturated heterocycles. The van der Waals surface area contributed by atoms with Crippen molar-refractivity contribution in [3.63, 3.8) is 0 Å². The predicted molar refractivity (Wildman–Crippen MR) is 152 cm³/mol. The minimum Gasteiger partial charge on any atom is -0.486 e. The van der Waals surface area contributed by atoms with Crippen molar-refractivity contribution in [2.45, 2.75) is 44.7 Å². The number of fused-ring (bicyclic) bond motifs is 1. The molecule has 2 aromatic carbocycles. The number of nitrogens with zero attached hydrogens (tertiary/aromatic N) is 3. The number of ether oxygens (including phenoxy) is 1. The van der Waals surface area contributed by atoms with Crippen molar-refractivity contribution < 1.29 is 36.8 Å². The average molecular weight is 604 g/mol. The van der Waals surface area contributed by atoms with E-state index in [4.69, 9.17) is 9.26 Å². The lowest BCUT2D eigenvalue weighted by molar-refractivity contribution is 0.0389. The van der Waals surface area contributed by atoms with Crippen LogP contribution in [0.25, 0.3) is 0 Å². The zero-order valence-corrected chi connectivity index (χ0v) is 24.7. The lowest BCUT2D eigenvalue weighted by atomic mass is 9.99. The number of hydrogen-bond acceptors (Lipinski definition) is 8. The SMILES string of the molecule is Cc1noc(C)c1NC(=O)Nc1cccc2c1O[C@@H](CN(C)S(=O)(=O)c1ccc(F)cc1)[C@H](C)CN([C@H](C)CO)C2=O. The van der Waals surface area contributed by atoms with E-state index < -0.39 is 45.8 Å². The maximum atomic E-state index is 13.7. The topological polar surface area (TPSA) is 154 Å². The van der Waals surface area contributed by atoms with Crippen LogP contribution in [0.4, 0.5) is 20.6 Å². The quantitative estimate of drug-likeness (QED) is 0.353. The van der Waals surface area contributed by atoms with Crippen LogP contribution in [0.5, 0.6) is 5.75 Å². The van der Waals surface area contributed by atoms with Gasteiger partial charge in [-0.25, -0.2) is 17.6 Å². The third-order valence-corrected chi connectivity index (χ3v) is 9.01. The minimum absolute atomic E-state index is 0.0516. The molecular formula is C28H34FN5O7S. The summed E-state index contributed by atoms with van der Waals surface area (Å²) in [5, 5.41) is 19.1. The highest BCUT2D eigenvalue weighted by atomic mass is 32.2. The summed E-state index contributed by atoms with van der Waals surface area (Å²) in [4.78, 5) is 28.1. The number of carbonyl (C=O) groups is 2. The van der Waals surface area contributed by atoms with Crippen molar-refractivity contribution in [3.05, 3.63) is 65.3 Å². The van der Waals surface area contributed by atoms with E-state index in [2.05, 4.69) is 15.8 Å². The number of aromatic nitrogens is 1. The zero-order valence-electron chi connectivity index (χ0n) is 23.9. The van der Waals surface area contributed by atoms with Gasteiger partial charge in [-0.15, -0.1) is 0 Å². The maximum Gasteiger partial charge on any atom is 0.323 e.